The average molecular weight is 309 g/mol. The molecular formula is C15H21BrN2. The number of hydrogen-bond acceptors (Lipinski definition) is 2. The third kappa shape index (κ3) is 3.76. The van der Waals surface area contributed by atoms with E-state index in [0.29, 0.717) is 12.6 Å². The summed E-state index contributed by atoms with van der Waals surface area (Å²) in [5, 5.41) is 3.45. The molecule has 1 aromatic carbocycles. The van der Waals surface area contributed by atoms with Crippen molar-refractivity contribution in [1.82, 2.24) is 5.32 Å². The molecule has 3 heteroatoms. The molecule has 0 fully saturated rings. The first-order valence-electron chi connectivity index (χ1n) is 6.35. The SMILES string of the molecule is C#CCN(CC)c1ccc(Br)cc1C(C)NCC. The van der Waals surface area contributed by atoms with Gasteiger partial charge in [-0.1, -0.05) is 28.8 Å². The first kappa shape index (κ1) is 15.1. The number of terminal acetylenes is 1. The molecule has 98 valence electrons. The van der Waals surface area contributed by atoms with Crippen LogP contribution in [0.15, 0.2) is 22.7 Å². The van der Waals surface area contributed by atoms with E-state index < -0.39 is 0 Å². The molecule has 1 N–H and O–H groups in total. The average Bonchev–Trinajstić information content (AvgIpc) is 2.36. The maximum atomic E-state index is 5.44. The van der Waals surface area contributed by atoms with Crippen LogP contribution >= 0.6 is 15.9 Å². The standard InChI is InChI=1S/C15H21BrN2/c1-5-10-18(7-3)15-9-8-13(16)11-14(15)12(4)17-6-2/h1,8-9,11-12,17H,6-7,10H2,2-4H3. The maximum Gasteiger partial charge on any atom is 0.0791 e. The van der Waals surface area contributed by atoms with Crippen LogP contribution in [0.4, 0.5) is 5.69 Å². The second-order valence-electron chi connectivity index (χ2n) is 4.20. The van der Waals surface area contributed by atoms with Crippen LogP contribution in [-0.2, 0) is 0 Å². The van der Waals surface area contributed by atoms with Crippen LogP contribution in [0.2, 0.25) is 0 Å². The van der Waals surface area contributed by atoms with Crippen molar-refractivity contribution in [3.8, 4) is 12.3 Å². The zero-order valence-corrected chi connectivity index (χ0v) is 12.9. The second-order valence-corrected chi connectivity index (χ2v) is 5.12. The molecule has 1 aromatic rings. The lowest BCUT2D eigenvalue weighted by atomic mass is 10.0. The lowest BCUT2D eigenvalue weighted by Gasteiger charge is -2.26. The van der Waals surface area contributed by atoms with Crippen LogP contribution in [0.3, 0.4) is 0 Å². The number of nitrogens with one attached hydrogen (secondary N) is 1. The smallest absolute Gasteiger partial charge is 0.0791 e. The van der Waals surface area contributed by atoms with Gasteiger partial charge in [0, 0.05) is 22.7 Å². The fourth-order valence-electron chi connectivity index (χ4n) is 2.05. The third-order valence-electron chi connectivity index (χ3n) is 2.97. The maximum absolute atomic E-state index is 5.44. The van der Waals surface area contributed by atoms with Gasteiger partial charge in [-0.3, -0.25) is 0 Å². The van der Waals surface area contributed by atoms with Crippen LogP contribution in [0, 0.1) is 12.3 Å². The summed E-state index contributed by atoms with van der Waals surface area (Å²) in [5.74, 6) is 2.72. The molecule has 1 rings (SSSR count). The molecule has 0 radical (unpaired) electrons. The van der Waals surface area contributed by atoms with Gasteiger partial charge in [-0.05, 0) is 44.2 Å². The Balaban J connectivity index is 3.13. The number of hydrogen-bond donors (Lipinski definition) is 1. The molecule has 0 saturated carbocycles. The monoisotopic (exact) mass is 308 g/mol. The summed E-state index contributed by atoms with van der Waals surface area (Å²) in [7, 11) is 0. The molecule has 1 unspecified atom stereocenters. The van der Waals surface area contributed by atoms with Gasteiger partial charge >= 0.3 is 0 Å². The predicted molar refractivity (Wildman–Crippen MR) is 83.0 cm³/mol. The van der Waals surface area contributed by atoms with Crippen molar-refractivity contribution in [3.63, 3.8) is 0 Å². The topological polar surface area (TPSA) is 15.3 Å². The van der Waals surface area contributed by atoms with Gasteiger partial charge in [0.25, 0.3) is 0 Å². The molecule has 0 aliphatic carbocycles. The van der Waals surface area contributed by atoms with E-state index in [4.69, 9.17) is 6.42 Å². The zero-order chi connectivity index (χ0) is 13.5. The quantitative estimate of drug-likeness (QED) is 0.808. The van der Waals surface area contributed by atoms with Gasteiger partial charge in [-0.15, -0.1) is 6.42 Å². The molecule has 0 spiro atoms. The fraction of sp³-hybridized carbons (Fsp3) is 0.467. The Bertz CT molecular complexity index is 423. The van der Waals surface area contributed by atoms with E-state index in [2.05, 4.69) is 71.0 Å². The Hall–Kier alpha value is -0.980. The second kappa shape index (κ2) is 7.45. The van der Waals surface area contributed by atoms with E-state index in [1.54, 1.807) is 0 Å². The molecule has 0 aliphatic heterocycles. The molecule has 1 atom stereocenters. The van der Waals surface area contributed by atoms with Gasteiger partial charge in [-0.25, -0.2) is 0 Å². The number of halogens is 1. The number of benzene rings is 1. The molecule has 2 nitrogen and oxygen atoms in total. The normalized spacial score (nSPS) is 11.9. The Morgan fingerprint density at radius 1 is 1.44 bits per heavy atom. The Morgan fingerprint density at radius 2 is 2.17 bits per heavy atom. The minimum atomic E-state index is 0.314. The van der Waals surface area contributed by atoms with E-state index in [9.17, 15) is 0 Å². The van der Waals surface area contributed by atoms with Gasteiger partial charge in [-0.2, -0.15) is 0 Å². The van der Waals surface area contributed by atoms with E-state index >= 15 is 0 Å². The lowest BCUT2D eigenvalue weighted by molar-refractivity contribution is 0.596. The van der Waals surface area contributed by atoms with Crippen molar-refractivity contribution in [1.29, 1.82) is 0 Å². The van der Waals surface area contributed by atoms with Gasteiger partial charge < -0.3 is 10.2 Å². The number of nitrogens with zero attached hydrogens (tertiary/aromatic N) is 1. The highest BCUT2D eigenvalue weighted by molar-refractivity contribution is 9.10. The molecule has 18 heavy (non-hydrogen) atoms. The van der Waals surface area contributed by atoms with Gasteiger partial charge in [0.15, 0.2) is 0 Å². The van der Waals surface area contributed by atoms with E-state index in [1.807, 2.05) is 0 Å². The molecule has 0 saturated heterocycles. The van der Waals surface area contributed by atoms with Crippen molar-refractivity contribution in [2.75, 3.05) is 24.5 Å². The Morgan fingerprint density at radius 3 is 2.72 bits per heavy atom. The largest absolute Gasteiger partial charge is 0.360 e. The summed E-state index contributed by atoms with van der Waals surface area (Å²) in [6.07, 6.45) is 5.44. The Labute approximate surface area is 119 Å². The van der Waals surface area contributed by atoms with Crippen LogP contribution in [0.5, 0.6) is 0 Å². The third-order valence-corrected chi connectivity index (χ3v) is 3.46. The van der Waals surface area contributed by atoms with E-state index in [1.165, 1.54) is 11.3 Å². The summed E-state index contributed by atoms with van der Waals surface area (Å²) < 4.78 is 1.10. The van der Waals surface area contributed by atoms with Crippen LogP contribution in [0.1, 0.15) is 32.4 Å². The first-order chi connectivity index (χ1) is 8.63. The highest BCUT2D eigenvalue weighted by atomic mass is 79.9. The first-order valence-corrected chi connectivity index (χ1v) is 7.14. The van der Waals surface area contributed by atoms with Crippen molar-refractivity contribution < 1.29 is 0 Å². The summed E-state index contributed by atoms with van der Waals surface area (Å²) in [6, 6.07) is 6.68. The van der Waals surface area contributed by atoms with Crippen molar-refractivity contribution in [2.45, 2.75) is 26.8 Å². The summed E-state index contributed by atoms with van der Waals surface area (Å²) >= 11 is 3.54. The lowest BCUT2D eigenvalue weighted by Crippen LogP contribution is -2.27. The molecular weight excluding hydrogens is 288 g/mol. The Kier molecular flexibility index (Phi) is 6.24. The predicted octanol–water partition coefficient (Wildman–Crippen LogP) is 3.58. The van der Waals surface area contributed by atoms with Gasteiger partial charge in [0.05, 0.1) is 6.54 Å². The number of anilines is 1. The molecule has 0 aliphatic rings. The fourth-order valence-corrected chi connectivity index (χ4v) is 2.43. The van der Waals surface area contributed by atoms with Crippen LogP contribution in [-0.4, -0.2) is 19.6 Å². The number of rotatable bonds is 6. The van der Waals surface area contributed by atoms with E-state index in [-0.39, 0.29) is 0 Å². The van der Waals surface area contributed by atoms with Crippen LogP contribution < -0.4 is 10.2 Å². The summed E-state index contributed by atoms with van der Waals surface area (Å²) in [6.45, 7) is 8.93. The summed E-state index contributed by atoms with van der Waals surface area (Å²) in [4.78, 5) is 2.22. The minimum absolute atomic E-state index is 0.314. The molecule has 0 aromatic heterocycles. The minimum Gasteiger partial charge on any atom is -0.360 e. The molecule has 0 amide bonds. The van der Waals surface area contributed by atoms with Gasteiger partial charge in [0.2, 0.25) is 0 Å². The van der Waals surface area contributed by atoms with Crippen molar-refractivity contribution in [2.24, 2.45) is 0 Å². The molecule has 0 heterocycles. The summed E-state index contributed by atoms with van der Waals surface area (Å²) in [5.41, 5.74) is 2.50. The van der Waals surface area contributed by atoms with E-state index in [0.717, 1.165) is 17.6 Å². The van der Waals surface area contributed by atoms with Gasteiger partial charge in [0.1, 0.15) is 0 Å². The van der Waals surface area contributed by atoms with Crippen molar-refractivity contribution in [3.05, 3.63) is 28.2 Å². The zero-order valence-electron chi connectivity index (χ0n) is 11.3. The molecule has 0 bridgehead atoms. The van der Waals surface area contributed by atoms with Crippen molar-refractivity contribution >= 4 is 21.6 Å². The van der Waals surface area contributed by atoms with Crippen LogP contribution in [0.25, 0.3) is 0 Å². The highest BCUT2D eigenvalue weighted by Crippen LogP contribution is 2.29. The highest BCUT2D eigenvalue weighted by Gasteiger charge is 2.14.